The topological polar surface area (TPSA) is 75.0 Å². The molecule has 9 heteroatoms. The fourth-order valence-corrected chi connectivity index (χ4v) is 4.24. The van der Waals surface area contributed by atoms with Gasteiger partial charge in [-0.2, -0.15) is 9.50 Å². The van der Waals surface area contributed by atoms with Crippen LogP contribution in [-0.4, -0.2) is 35.9 Å². The summed E-state index contributed by atoms with van der Waals surface area (Å²) in [7, 11) is 4.62. The summed E-state index contributed by atoms with van der Waals surface area (Å²) in [6, 6.07) is 11.2. The fraction of sp³-hybridized carbons (Fsp3) is 0.150. The highest BCUT2D eigenvalue weighted by Crippen LogP contribution is 2.40. The van der Waals surface area contributed by atoms with E-state index in [1.807, 2.05) is 30.3 Å². The molecule has 0 saturated heterocycles. The minimum atomic E-state index is -0.212. The van der Waals surface area contributed by atoms with Gasteiger partial charge in [-0.15, -0.1) is 5.10 Å². The van der Waals surface area contributed by atoms with Crippen molar-refractivity contribution in [2.24, 2.45) is 0 Å². The van der Waals surface area contributed by atoms with Gasteiger partial charge in [0.15, 0.2) is 17.3 Å². The smallest absolute Gasteiger partial charge is 0.291 e. The van der Waals surface area contributed by atoms with Crippen LogP contribution in [0.4, 0.5) is 0 Å². The number of fused-ring (bicyclic) bond motifs is 1. The summed E-state index contributed by atoms with van der Waals surface area (Å²) in [6.07, 6.45) is 1.83. The van der Waals surface area contributed by atoms with E-state index in [4.69, 9.17) is 14.2 Å². The van der Waals surface area contributed by atoms with Gasteiger partial charge < -0.3 is 14.2 Å². The first kappa shape index (κ1) is 19.4. The average Bonchev–Trinajstić information content (AvgIpc) is 3.26. The molecule has 4 rings (SSSR count). The van der Waals surface area contributed by atoms with E-state index < -0.39 is 0 Å². The minimum Gasteiger partial charge on any atom is -0.493 e. The highest BCUT2D eigenvalue weighted by molar-refractivity contribution is 9.10. The number of rotatable bonds is 5. The molecule has 2 heterocycles. The predicted molar refractivity (Wildman–Crippen MR) is 115 cm³/mol. The zero-order chi connectivity index (χ0) is 20.5. The Morgan fingerprint density at radius 3 is 2.38 bits per heavy atom. The number of aromatic nitrogens is 3. The SMILES string of the molecule is COc1cc(-c2nc3s/c(=C\c4cccc(Br)c4)c(=O)n3n2)cc(OC)c1OC. The Labute approximate surface area is 178 Å². The molecule has 148 valence electrons. The van der Waals surface area contributed by atoms with Crippen LogP contribution in [0.15, 0.2) is 45.7 Å². The van der Waals surface area contributed by atoms with Crippen LogP contribution in [0.3, 0.4) is 0 Å². The van der Waals surface area contributed by atoms with E-state index in [9.17, 15) is 4.79 Å². The maximum absolute atomic E-state index is 12.8. The van der Waals surface area contributed by atoms with Crippen molar-refractivity contribution in [2.75, 3.05) is 21.3 Å². The van der Waals surface area contributed by atoms with Crippen LogP contribution in [0.2, 0.25) is 0 Å². The largest absolute Gasteiger partial charge is 0.493 e. The first-order valence-corrected chi connectivity index (χ1v) is 10.1. The first-order chi connectivity index (χ1) is 14.0. The molecule has 0 aliphatic carbocycles. The highest BCUT2D eigenvalue weighted by atomic mass is 79.9. The molecule has 0 aliphatic heterocycles. The maximum atomic E-state index is 12.8. The number of hydrogen-bond donors (Lipinski definition) is 0. The third-order valence-electron chi connectivity index (χ3n) is 4.25. The van der Waals surface area contributed by atoms with Gasteiger partial charge in [0.05, 0.1) is 25.9 Å². The zero-order valence-corrected chi connectivity index (χ0v) is 18.2. The van der Waals surface area contributed by atoms with Crippen LogP contribution in [0.25, 0.3) is 22.4 Å². The molecule has 0 atom stereocenters. The molecule has 0 radical (unpaired) electrons. The van der Waals surface area contributed by atoms with Crippen LogP contribution in [0.1, 0.15) is 5.56 Å². The van der Waals surface area contributed by atoms with Gasteiger partial charge in [-0.3, -0.25) is 4.79 Å². The van der Waals surface area contributed by atoms with Crippen molar-refractivity contribution < 1.29 is 14.2 Å². The molecule has 0 spiro atoms. The van der Waals surface area contributed by atoms with E-state index >= 15 is 0 Å². The van der Waals surface area contributed by atoms with Crippen LogP contribution < -0.4 is 24.3 Å². The number of halogens is 1. The lowest BCUT2D eigenvalue weighted by Crippen LogP contribution is -2.23. The molecule has 0 N–H and O–H groups in total. The van der Waals surface area contributed by atoms with Crippen molar-refractivity contribution >= 4 is 38.3 Å². The van der Waals surface area contributed by atoms with Crippen molar-refractivity contribution in [1.29, 1.82) is 0 Å². The van der Waals surface area contributed by atoms with Gasteiger partial charge in [-0.05, 0) is 35.9 Å². The van der Waals surface area contributed by atoms with E-state index in [0.717, 1.165) is 10.0 Å². The average molecular weight is 474 g/mol. The lowest BCUT2D eigenvalue weighted by atomic mass is 10.1. The third kappa shape index (κ3) is 3.58. The summed E-state index contributed by atoms with van der Waals surface area (Å²) in [6.45, 7) is 0. The number of thiazole rings is 1. The van der Waals surface area contributed by atoms with Gasteiger partial charge in [-0.25, -0.2) is 0 Å². The molecule has 0 amide bonds. The standard InChI is InChI=1S/C20H16BrN3O4S/c1-26-14-9-12(10-15(27-2)17(14)28-3)18-22-20-24(23-18)19(25)16(29-20)8-11-5-4-6-13(21)7-11/h4-10H,1-3H3/b16-8-. The molecular formula is C20H16BrN3O4S. The Morgan fingerprint density at radius 1 is 1.07 bits per heavy atom. The van der Waals surface area contributed by atoms with Gasteiger partial charge in [0.1, 0.15) is 0 Å². The van der Waals surface area contributed by atoms with Crippen molar-refractivity contribution in [3.63, 3.8) is 0 Å². The lowest BCUT2D eigenvalue weighted by Gasteiger charge is -2.12. The Morgan fingerprint density at radius 2 is 1.79 bits per heavy atom. The molecule has 0 unspecified atom stereocenters. The quantitative estimate of drug-likeness (QED) is 0.443. The summed E-state index contributed by atoms with van der Waals surface area (Å²) in [5, 5.41) is 4.39. The van der Waals surface area contributed by atoms with Gasteiger partial charge in [-0.1, -0.05) is 39.4 Å². The van der Waals surface area contributed by atoms with E-state index in [1.54, 1.807) is 26.4 Å². The number of methoxy groups -OCH3 is 3. The first-order valence-electron chi connectivity index (χ1n) is 8.51. The number of benzene rings is 2. The summed E-state index contributed by atoms with van der Waals surface area (Å²) < 4.78 is 18.9. The highest BCUT2D eigenvalue weighted by Gasteiger charge is 2.18. The van der Waals surface area contributed by atoms with Gasteiger partial charge in [0.2, 0.25) is 10.7 Å². The normalized spacial score (nSPS) is 11.8. The van der Waals surface area contributed by atoms with Gasteiger partial charge in [0, 0.05) is 10.0 Å². The Bertz CT molecular complexity index is 1290. The fourth-order valence-electron chi connectivity index (χ4n) is 2.91. The number of ether oxygens (including phenoxy) is 3. The molecular weight excluding hydrogens is 458 g/mol. The van der Waals surface area contributed by atoms with Crippen LogP contribution >= 0.6 is 27.3 Å². The van der Waals surface area contributed by atoms with Crippen molar-refractivity contribution in [3.8, 4) is 28.6 Å². The van der Waals surface area contributed by atoms with E-state index in [1.165, 1.54) is 23.0 Å². The van der Waals surface area contributed by atoms with E-state index in [0.29, 0.717) is 38.1 Å². The lowest BCUT2D eigenvalue weighted by molar-refractivity contribution is 0.324. The van der Waals surface area contributed by atoms with Crippen molar-refractivity contribution in [2.45, 2.75) is 0 Å². The molecule has 2 aromatic carbocycles. The van der Waals surface area contributed by atoms with Crippen molar-refractivity contribution in [3.05, 3.63) is 61.3 Å². The molecule has 0 aliphatic rings. The molecule has 0 fully saturated rings. The summed E-state index contributed by atoms with van der Waals surface area (Å²) in [5.41, 5.74) is 1.37. The minimum absolute atomic E-state index is 0.212. The molecule has 2 aromatic heterocycles. The third-order valence-corrected chi connectivity index (χ3v) is 5.70. The molecule has 0 bridgehead atoms. The second-order valence-electron chi connectivity index (χ2n) is 6.01. The molecule has 7 nitrogen and oxygen atoms in total. The van der Waals surface area contributed by atoms with Crippen LogP contribution in [-0.2, 0) is 0 Å². The predicted octanol–water partition coefficient (Wildman–Crippen LogP) is 3.15. The molecule has 29 heavy (non-hydrogen) atoms. The zero-order valence-electron chi connectivity index (χ0n) is 15.8. The maximum Gasteiger partial charge on any atom is 0.291 e. The second-order valence-corrected chi connectivity index (χ2v) is 7.94. The number of hydrogen-bond acceptors (Lipinski definition) is 7. The summed E-state index contributed by atoms with van der Waals surface area (Å²) in [4.78, 5) is 17.8. The Hall–Kier alpha value is -2.91. The second kappa shape index (κ2) is 7.84. The monoisotopic (exact) mass is 473 g/mol. The van der Waals surface area contributed by atoms with E-state index in [-0.39, 0.29) is 5.56 Å². The Balaban J connectivity index is 1.81. The van der Waals surface area contributed by atoms with Gasteiger partial charge >= 0.3 is 0 Å². The Kier molecular flexibility index (Phi) is 5.25. The van der Waals surface area contributed by atoms with Crippen LogP contribution in [0, 0.1) is 0 Å². The number of nitrogens with zero attached hydrogens (tertiary/aromatic N) is 3. The summed E-state index contributed by atoms with van der Waals surface area (Å²) in [5.74, 6) is 1.87. The summed E-state index contributed by atoms with van der Waals surface area (Å²) >= 11 is 4.72. The van der Waals surface area contributed by atoms with Gasteiger partial charge in [0.25, 0.3) is 5.56 Å². The molecule has 4 aromatic rings. The van der Waals surface area contributed by atoms with E-state index in [2.05, 4.69) is 26.0 Å². The molecule has 0 saturated carbocycles. The van der Waals surface area contributed by atoms with Crippen molar-refractivity contribution in [1.82, 2.24) is 14.6 Å². The van der Waals surface area contributed by atoms with Crippen LogP contribution in [0.5, 0.6) is 17.2 Å².